The highest BCUT2D eigenvalue weighted by Crippen LogP contribution is 2.21. The largest absolute Gasteiger partial charge is 0.394 e. The predicted octanol–water partition coefficient (Wildman–Crippen LogP) is 0.719. The number of aliphatic hydroxyl groups is 1. The summed E-state index contributed by atoms with van der Waals surface area (Å²) in [6.07, 6.45) is 0. The molecule has 0 saturated heterocycles. The number of aryl methyl sites for hydroxylation is 1. The van der Waals surface area contributed by atoms with E-state index in [9.17, 15) is 10.1 Å². The highest BCUT2D eigenvalue weighted by atomic mass is 16.6. The second-order valence-corrected chi connectivity index (χ2v) is 3.34. The molecule has 1 aromatic rings. The molecule has 0 fully saturated rings. The van der Waals surface area contributed by atoms with Gasteiger partial charge in [-0.1, -0.05) is 0 Å². The molecule has 2 N–H and O–H groups in total. The molecule has 0 bridgehead atoms. The Morgan fingerprint density at radius 2 is 2.29 bits per heavy atom. The number of pyridine rings is 1. The molecule has 1 rings (SSSR count). The van der Waals surface area contributed by atoms with Crippen LogP contribution in [-0.2, 0) is 4.74 Å². The highest BCUT2D eigenvalue weighted by Gasteiger charge is 2.14. The molecule has 0 aromatic carbocycles. The second-order valence-electron chi connectivity index (χ2n) is 3.34. The molecule has 1 heterocycles. The summed E-state index contributed by atoms with van der Waals surface area (Å²) >= 11 is 0. The van der Waals surface area contributed by atoms with Crippen LogP contribution in [0, 0.1) is 17.0 Å². The standard InChI is InChI=1S/C10H15N3O4/c1-8-2-3-9(13(15)16)10(12-8)11-4-6-17-7-5-14/h2-3,14H,4-7H2,1H3,(H,11,12). The van der Waals surface area contributed by atoms with Gasteiger partial charge in [0, 0.05) is 18.3 Å². The van der Waals surface area contributed by atoms with Crippen molar-refractivity contribution < 1.29 is 14.8 Å². The van der Waals surface area contributed by atoms with Gasteiger partial charge in [-0.25, -0.2) is 4.98 Å². The minimum atomic E-state index is -0.483. The van der Waals surface area contributed by atoms with Gasteiger partial charge in [-0.05, 0) is 13.0 Å². The van der Waals surface area contributed by atoms with Crippen molar-refractivity contribution in [1.82, 2.24) is 4.98 Å². The molecular weight excluding hydrogens is 226 g/mol. The van der Waals surface area contributed by atoms with E-state index >= 15 is 0 Å². The van der Waals surface area contributed by atoms with E-state index in [1.807, 2.05) is 0 Å². The van der Waals surface area contributed by atoms with E-state index in [0.29, 0.717) is 18.8 Å². The van der Waals surface area contributed by atoms with Gasteiger partial charge in [-0.2, -0.15) is 0 Å². The van der Waals surface area contributed by atoms with Crippen molar-refractivity contribution in [3.63, 3.8) is 0 Å². The van der Waals surface area contributed by atoms with Crippen LogP contribution in [0.2, 0.25) is 0 Å². The molecule has 0 aliphatic carbocycles. The average molecular weight is 241 g/mol. The Hall–Kier alpha value is -1.73. The summed E-state index contributed by atoms with van der Waals surface area (Å²) in [6.45, 7) is 2.73. The fourth-order valence-electron chi connectivity index (χ4n) is 1.23. The van der Waals surface area contributed by atoms with E-state index in [-0.39, 0.29) is 24.7 Å². The summed E-state index contributed by atoms with van der Waals surface area (Å²) in [6, 6.07) is 3.00. The van der Waals surface area contributed by atoms with Gasteiger partial charge in [-0.3, -0.25) is 10.1 Å². The van der Waals surface area contributed by atoms with Gasteiger partial charge in [0.2, 0.25) is 5.82 Å². The van der Waals surface area contributed by atoms with Gasteiger partial charge in [0.1, 0.15) is 0 Å². The quantitative estimate of drug-likeness (QED) is 0.414. The van der Waals surface area contributed by atoms with Crippen molar-refractivity contribution >= 4 is 11.5 Å². The van der Waals surface area contributed by atoms with Gasteiger partial charge in [-0.15, -0.1) is 0 Å². The number of anilines is 1. The highest BCUT2D eigenvalue weighted by molar-refractivity contribution is 5.55. The van der Waals surface area contributed by atoms with Crippen LogP contribution < -0.4 is 5.32 Å². The van der Waals surface area contributed by atoms with Crippen LogP contribution in [0.4, 0.5) is 11.5 Å². The van der Waals surface area contributed by atoms with E-state index in [1.54, 1.807) is 13.0 Å². The van der Waals surface area contributed by atoms with E-state index in [0.717, 1.165) is 0 Å². The van der Waals surface area contributed by atoms with Gasteiger partial charge in [0.25, 0.3) is 0 Å². The van der Waals surface area contributed by atoms with Crippen molar-refractivity contribution in [3.8, 4) is 0 Å². The number of nitro groups is 1. The van der Waals surface area contributed by atoms with Crippen molar-refractivity contribution in [2.24, 2.45) is 0 Å². The van der Waals surface area contributed by atoms with Crippen molar-refractivity contribution in [3.05, 3.63) is 27.9 Å². The SMILES string of the molecule is Cc1ccc([N+](=O)[O-])c(NCCOCCO)n1. The second kappa shape index (κ2) is 6.77. The number of aromatic nitrogens is 1. The lowest BCUT2D eigenvalue weighted by Crippen LogP contribution is -2.13. The number of hydrogen-bond acceptors (Lipinski definition) is 6. The lowest BCUT2D eigenvalue weighted by molar-refractivity contribution is -0.384. The molecule has 7 nitrogen and oxygen atoms in total. The van der Waals surface area contributed by atoms with Crippen molar-refractivity contribution in [1.29, 1.82) is 0 Å². The van der Waals surface area contributed by atoms with Gasteiger partial charge >= 0.3 is 5.69 Å². The Bertz CT molecular complexity index is 384. The molecule has 0 saturated carbocycles. The zero-order valence-corrected chi connectivity index (χ0v) is 9.55. The summed E-state index contributed by atoms with van der Waals surface area (Å²) in [5.41, 5.74) is 0.645. The van der Waals surface area contributed by atoms with Crippen molar-refractivity contribution in [2.45, 2.75) is 6.92 Å². The molecule has 0 atom stereocenters. The molecule has 0 aliphatic rings. The van der Waals surface area contributed by atoms with Gasteiger partial charge in [0.05, 0.1) is 24.7 Å². The van der Waals surface area contributed by atoms with E-state index in [1.165, 1.54) is 6.07 Å². The normalized spacial score (nSPS) is 10.2. The summed E-state index contributed by atoms with van der Waals surface area (Å²) in [7, 11) is 0. The zero-order valence-electron chi connectivity index (χ0n) is 9.55. The zero-order chi connectivity index (χ0) is 12.7. The van der Waals surface area contributed by atoms with Gasteiger partial charge < -0.3 is 15.2 Å². The minimum Gasteiger partial charge on any atom is -0.394 e. The monoisotopic (exact) mass is 241 g/mol. The van der Waals surface area contributed by atoms with Crippen LogP contribution in [0.25, 0.3) is 0 Å². The Labute approximate surface area is 98.6 Å². The number of hydrogen-bond donors (Lipinski definition) is 2. The van der Waals surface area contributed by atoms with Crippen LogP contribution in [0.5, 0.6) is 0 Å². The molecule has 17 heavy (non-hydrogen) atoms. The molecule has 0 unspecified atom stereocenters. The smallest absolute Gasteiger partial charge is 0.311 e. The summed E-state index contributed by atoms with van der Waals surface area (Å²) in [4.78, 5) is 14.3. The summed E-state index contributed by atoms with van der Waals surface area (Å²) in [5, 5.41) is 22.1. The predicted molar refractivity (Wildman–Crippen MR) is 62.0 cm³/mol. The maximum absolute atomic E-state index is 10.7. The average Bonchev–Trinajstić information content (AvgIpc) is 2.28. The van der Waals surface area contributed by atoms with Crippen LogP contribution in [0.1, 0.15) is 5.69 Å². The molecule has 0 radical (unpaired) electrons. The number of aliphatic hydroxyl groups excluding tert-OH is 1. The first-order valence-electron chi connectivity index (χ1n) is 5.19. The molecule has 0 amide bonds. The summed E-state index contributed by atoms with van der Waals surface area (Å²) < 4.78 is 5.02. The van der Waals surface area contributed by atoms with Crippen molar-refractivity contribution in [2.75, 3.05) is 31.7 Å². The Morgan fingerprint density at radius 3 is 2.94 bits per heavy atom. The van der Waals surface area contributed by atoms with E-state index in [4.69, 9.17) is 9.84 Å². The fraction of sp³-hybridized carbons (Fsp3) is 0.500. The first-order chi connectivity index (χ1) is 8.15. The minimum absolute atomic E-state index is 0.0388. The number of nitrogens with one attached hydrogen (secondary N) is 1. The third-order valence-corrected chi connectivity index (χ3v) is 1.98. The first-order valence-corrected chi connectivity index (χ1v) is 5.19. The summed E-state index contributed by atoms with van der Waals surface area (Å²) in [5.74, 6) is 0.239. The molecule has 0 spiro atoms. The Morgan fingerprint density at radius 1 is 1.53 bits per heavy atom. The molecule has 7 heteroatoms. The van der Waals surface area contributed by atoms with E-state index in [2.05, 4.69) is 10.3 Å². The Kier molecular flexibility index (Phi) is 5.31. The first kappa shape index (κ1) is 13.3. The van der Waals surface area contributed by atoms with Gasteiger partial charge in [0.15, 0.2) is 0 Å². The fourth-order valence-corrected chi connectivity index (χ4v) is 1.23. The maximum atomic E-state index is 10.7. The number of rotatable bonds is 7. The van der Waals surface area contributed by atoms with Crippen LogP contribution in [0.15, 0.2) is 12.1 Å². The lowest BCUT2D eigenvalue weighted by atomic mass is 10.3. The number of ether oxygens (including phenoxy) is 1. The maximum Gasteiger partial charge on any atom is 0.311 e. The number of nitrogens with zero attached hydrogens (tertiary/aromatic N) is 2. The van der Waals surface area contributed by atoms with Crippen LogP contribution in [-0.4, -0.2) is 41.4 Å². The lowest BCUT2D eigenvalue weighted by Gasteiger charge is -2.07. The molecule has 94 valence electrons. The Balaban J connectivity index is 2.56. The third-order valence-electron chi connectivity index (χ3n) is 1.98. The molecule has 0 aliphatic heterocycles. The van der Waals surface area contributed by atoms with Crippen LogP contribution in [0.3, 0.4) is 0 Å². The molecular formula is C10H15N3O4. The van der Waals surface area contributed by atoms with E-state index < -0.39 is 4.92 Å². The van der Waals surface area contributed by atoms with Crippen LogP contribution >= 0.6 is 0 Å². The molecule has 1 aromatic heterocycles. The third kappa shape index (κ3) is 4.33. The topological polar surface area (TPSA) is 97.5 Å².